The monoisotopic (exact) mass is 245 g/mol. The average molecular weight is 245 g/mol. The molecule has 0 saturated carbocycles. The fourth-order valence-corrected chi connectivity index (χ4v) is 2.56. The lowest BCUT2D eigenvalue weighted by molar-refractivity contribution is 0.0707. The molecule has 1 aliphatic rings. The van der Waals surface area contributed by atoms with Gasteiger partial charge in [0.2, 0.25) is 0 Å². The molecule has 2 aromatic rings. The zero-order chi connectivity index (χ0) is 12.5. The van der Waals surface area contributed by atoms with E-state index < -0.39 is 5.91 Å². The molecule has 18 heavy (non-hydrogen) atoms. The quantitative estimate of drug-likeness (QED) is 0.871. The fraction of sp³-hybridized carbons (Fsp3) is 0.385. The van der Waals surface area contributed by atoms with Gasteiger partial charge in [0, 0.05) is 43.2 Å². The molecule has 0 aliphatic carbocycles. The number of pyridine rings is 1. The molecule has 1 fully saturated rings. The van der Waals surface area contributed by atoms with Crippen molar-refractivity contribution in [3.8, 4) is 0 Å². The smallest absolute Gasteiger partial charge is 0.250 e. The predicted molar refractivity (Wildman–Crippen MR) is 67.3 cm³/mol. The summed E-state index contributed by atoms with van der Waals surface area (Å²) in [4.78, 5) is 15.5. The third kappa shape index (κ3) is 1.76. The van der Waals surface area contributed by atoms with Crippen LogP contribution in [-0.4, -0.2) is 28.7 Å². The van der Waals surface area contributed by atoms with Gasteiger partial charge < -0.3 is 15.0 Å². The highest BCUT2D eigenvalue weighted by Crippen LogP contribution is 2.28. The average Bonchev–Trinajstić information content (AvgIpc) is 2.79. The molecule has 0 radical (unpaired) electrons. The lowest BCUT2D eigenvalue weighted by Gasteiger charge is -2.24. The number of aromatic nitrogens is 2. The summed E-state index contributed by atoms with van der Waals surface area (Å²) in [6.45, 7) is 1.53. The Kier molecular flexibility index (Phi) is 2.76. The van der Waals surface area contributed by atoms with Crippen LogP contribution < -0.4 is 5.73 Å². The van der Waals surface area contributed by atoms with Crippen LogP contribution in [-0.2, 0) is 4.74 Å². The molecule has 1 saturated heterocycles. The minimum Gasteiger partial charge on any atom is -0.381 e. The van der Waals surface area contributed by atoms with Gasteiger partial charge in [-0.3, -0.25) is 9.78 Å². The van der Waals surface area contributed by atoms with Gasteiger partial charge in [0.15, 0.2) is 0 Å². The Bertz CT molecular complexity index is 585. The van der Waals surface area contributed by atoms with E-state index in [2.05, 4.69) is 9.55 Å². The number of hydrogen-bond acceptors (Lipinski definition) is 3. The molecule has 0 bridgehead atoms. The van der Waals surface area contributed by atoms with Crippen molar-refractivity contribution in [3.63, 3.8) is 0 Å². The molecular weight excluding hydrogens is 230 g/mol. The first-order valence-electron chi connectivity index (χ1n) is 6.09. The highest BCUT2D eigenvalue weighted by Gasteiger charge is 2.20. The van der Waals surface area contributed by atoms with Crippen LogP contribution in [0.1, 0.15) is 29.2 Å². The van der Waals surface area contributed by atoms with Crippen molar-refractivity contribution in [2.24, 2.45) is 5.73 Å². The maximum atomic E-state index is 11.5. The lowest BCUT2D eigenvalue weighted by atomic mass is 10.1. The topological polar surface area (TPSA) is 70.1 Å². The maximum absolute atomic E-state index is 11.5. The second-order valence-electron chi connectivity index (χ2n) is 4.55. The molecule has 1 amide bonds. The number of amides is 1. The van der Waals surface area contributed by atoms with E-state index in [-0.39, 0.29) is 0 Å². The molecule has 0 spiro atoms. The molecule has 3 heterocycles. The molecule has 5 nitrogen and oxygen atoms in total. The van der Waals surface area contributed by atoms with E-state index in [9.17, 15) is 4.79 Å². The van der Waals surface area contributed by atoms with Crippen LogP contribution in [0.3, 0.4) is 0 Å². The summed E-state index contributed by atoms with van der Waals surface area (Å²) in [7, 11) is 0. The standard InChI is InChI=1S/C13H15N3O2/c14-13(17)11-8-16(9-2-5-18-6-3-9)12-1-4-15-7-10(11)12/h1,4,7-9H,2-3,5-6H2,(H2,14,17). The van der Waals surface area contributed by atoms with Gasteiger partial charge in [-0.2, -0.15) is 0 Å². The second kappa shape index (κ2) is 4.42. The Morgan fingerprint density at radius 1 is 1.44 bits per heavy atom. The van der Waals surface area contributed by atoms with Crippen molar-refractivity contribution in [1.29, 1.82) is 0 Å². The molecule has 5 heteroatoms. The van der Waals surface area contributed by atoms with Crippen LogP contribution in [0.2, 0.25) is 0 Å². The largest absolute Gasteiger partial charge is 0.381 e. The number of hydrogen-bond donors (Lipinski definition) is 1. The first-order chi connectivity index (χ1) is 8.77. The van der Waals surface area contributed by atoms with Gasteiger partial charge in [-0.1, -0.05) is 0 Å². The molecule has 94 valence electrons. The Balaban J connectivity index is 2.13. The van der Waals surface area contributed by atoms with E-state index in [0.29, 0.717) is 11.6 Å². The SMILES string of the molecule is NC(=O)c1cn(C2CCOCC2)c2ccncc12. The van der Waals surface area contributed by atoms with Crippen LogP contribution in [0.4, 0.5) is 0 Å². The zero-order valence-electron chi connectivity index (χ0n) is 10.0. The molecular formula is C13H15N3O2. The summed E-state index contributed by atoms with van der Waals surface area (Å²) < 4.78 is 7.51. The number of primary amides is 1. The fourth-order valence-electron chi connectivity index (χ4n) is 2.56. The summed E-state index contributed by atoms with van der Waals surface area (Å²) in [5.74, 6) is -0.404. The summed E-state index contributed by atoms with van der Waals surface area (Å²) >= 11 is 0. The van der Waals surface area contributed by atoms with Gasteiger partial charge in [-0.05, 0) is 18.9 Å². The molecule has 2 N–H and O–H groups in total. The van der Waals surface area contributed by atoms with Crippen molar-refractivity contribution < 1.29 is 9.53 Å². The van der Waals surface area contributed by atoms with E-state index in [1.54, 1.807) is 12.4 Å². The number of carbonyl (C=O) groups is 1. The molecule has 1 aliphatic heterocycles. The first kappa shape index (κ1) is 11.2. The first-order valence-corrected chi connectivity index (χ1v) is 6.09. The van der Waals surface area contributed by atoms with Crippen LogP contribution in [0.25, 0.3) is 10.9 Å². The summed E-state index contributed by atoms with van der Waals surface area (Å²) in [6, 6.07) is 2.30. The van der Waals surface area contributed by atoms with E-state index in [1.807, 2.05) is 12.3 Å². The number of ether oxygens (including phenoxy) is 1. The number of rotatable bonds is 2. The molecule has 2 aromatic heterocycles. The van der Waals surface area contributed by atoms with Crippen LogP contribution in [0.15, 0.2) is 24.7 Å². The Morgan fingerprint density at radius 2 is 2.22 bits per heavy atom. The summed E-state index contributed by atoms with van der Waals surface area (Å²) in [5.41, 5.74) is 6.98. The normalized spacial score (nSPS) is 17.1. The third-order valence-electron chi connectivity index (χ3n) is 3.48. The highest BCUT2D eigenvalue weighted by molar-refractivity contribution is 6.05. The Hall–Kier alpha value is -1.88. The molecule has 3 rings (SSSR count). The van der Waals surface area contributed by atoms with Gasteiger partial charge in [-0.25, -0.2) is 0 Å². The summed E-state index contributed by atoms with van der Waals surface area (Å²) in [5, 5.41) is 0.830. The van der Waals surface area contributed by atoms with Crippen molar-refractivity contribution in [3.05, 3.63) is 30.2 Å². The molecule has 0 aromatic carbocycles. The van der Waals surface area contributed by atoms with Crippen LogP contribution >= 0.6 is 0 Å². The van der Waals surface area contributed by atoms with E-state index in [4.69, 9.17) is 10.5 Å². The third-order valence-corrected chi connectivity index (χ3v) is 3.48. The van der Waals surface area contributed by atoms with Gasteiger partial charge in [0.1, 0.15) is 0 Å². The predicted octanol–water partition coefficient (Wildman–Crippen LogP) is 1.49. The lowest BCUT2D eigenvalue weighted by Crippen LogP contribution is -2.19. The van der Waals surface area contributed by atoms with Crippen LogP contribution in [0, 0.1) is 0 Å². The van der Waals surface area contributed by atoms with E-state index >= 15 is 0 Å². The molecule has 0 unspecified atom stereocenters. The maximum Gasteiger partial charge on any atom is 0.250 e. The van der Waals surface area contributed by atoms with Gasteiger partial charge >= 0.3 is 0 Å². The second-order valence-corrected chi connectivity index (χ2v) is 4.55. The van der Waals surface area contributed by atoms with Gasteiger partial charge in [0.25, 0.3) is 5.91 Å². The van der Waals surface area contributed by atoms with Crippen molar-refractivity contribution in [2.75, 3.05) is 13.2 Å². The minimum atomic E-state index is -0.404. The molecule has 0 atom stereocenters. The van der Waals surface area contributed by atoms with Crippen molar-refractivity contribution in [1.82, 2.24) is 9.55 Å². The highest BCUT2D eigenvalue weighted by atomic mass is 16.5. The van der Waals surface area contributed by atoms with Gasteiger partial charge in [0.05, 0.1) is 11.1 Å². The van der Waals surface area contributed by atoms with Crippen molar-refractivity contribution in [2.45, 2.75) is 18.9 Å². The minimum absolute atomic E-state index is 0.372. The summed E-state index contributed by atoms with van der Waals surface area (Å²) in [6.07, 6.45) is 7.22. The number of nitrogens with two attached hydrogens (primary N) is 1. The Labute approximate surface area is 105 Å². The number of nitrogens with zero attached hydrogens (tertiary/aromatic N) is 2. The zero-order valence-corrected chi connectivity index (χ0v) is 10.0. The van der Waals surface area contributed by atoms with E-state index in [1.165, 1.54) is 0 Å². The van der Waals surface area contributed by atoms with Gasteiger partial charge in [-0.15, -0.1) is 0 Å². The van der Waals surface area contributed by atoms with Crippen molar-refractivity contribution >= 4 is 16.8 Å². The number of carbonyl (C=O) groups excluding carboxylic acids is 1. The van der Waals surface area contributed by atoms with E-state index in [0.717, 1.165) is 37.0 Å². The number of fused-ring (bicyclic) bond motifs is 1. The Morgan fingerprint density at radius 3 is 2.94 bits per heavy atom. The van der Waals surface area contributed by atoms with Crippen LogP contribution in [0.5, 0.6) is 0 Å².